The van der Waals surface area contributed by atoms with Crippen LogP contribution in [0.4, 0.5) is 26.3 Å². The third kappa shape index (κ3) is 6.77. The lowest BCUT2D eigenvalue weighted by Crippen LogP contribution is -2.30. The van der Waals surface area contributed by atoms with Crippen molar-refractivity contribution in [2.24, 2.45) is 0 Å². The predicted octanol–water partition coefficient (Wildman–Crippen LogP) is 4.74. The second kappa shape index (κ2) is 10.6. The van der Waals surface area contributed by atoms with Crippen molar-refractivity contribution in [1.29, 1.82) is 0 Å². The molecule has 0 saturated heterocycles. The quantitative estimate of drug-likeness (QED) is 0.261. The van der Waals surface area contributed by atoms with Crippen molar-refractivity contribution < 1.29 is 34.8 Å². The minimum atomic E-state index is -4.85. The van der Waals surface area contributed by atoms with Gasteiger partial charge in [-0.1, -0.05) is 12.1 Å². The standard InChI is InChI=1S/C24H19F6N5O2S2/c1-34(2)12-11-31-39(36,37)22-10-9-18(38-22)8-7-17-13-21-32-19(14-20(24(28,29)30)35(21)33-17)15-3-5-16(6-4-15)23(25,26)27/h3-6,9-10,13-14,31H,11-12H2,1-2H3. The van der Waals surface area contributed by atoms with E-state index in [1.807, 2.05) is 4.90 Å². The molecule has 0 bridgehead atoms. The zero-order valence-corrected chi connectivity index (χ0v) is 21.9. The number of sulfonamides is 1. The molecule has 39 heavy (non-hydrogen) atoms. The molecule has 15 heteroatoms. The first-order valence-corrected chi connectivity index (χ1v) is 13.4. The maximum atomic E-state index is 13.8. The van der Waals surface area contributed by atoms with Crippen LogP contribution in [0, 0.1) is 11.8 Å². The minimum absolute atomic E-state index is 0.0303. The maximum Gasteiger partial charge on any atom is 0.433 e. The van der Waals surface area contributed by atoms with Crippen molar-refractivity contribution in [2.75, 3.05) is 27.2 Å². The number of rotatable bonds is 6. The topological polar surface area (TPSA) is 79.6 Å². The number of nitrogens with zero attached hydrogens (tertiary/aromatic N) is 4. The number of hydrogen-bond donors (Lipinski definition) is 1. The van der Waals surface area contributed by atoms with E-state index in [1.54, 1.807) is 14.1 Å². The van der Waals surface area contributed by atoms with Crippen molar-refractivity contribution in [3.63, 3.8) is 0 Å². The highest BCUT2D eigenvalue weighted by molar-refractivity contribution is 7.91. The number of halogens is 6. The van der Waals surface area contributed by atoms with Crippen LogP contribution in [0.25, 0.3) is 16.9 Å². The van der Waals surface area contributed by atoms with Crippen LogP contribution in [-0.2, 0) is 22.4 Å². The summed E-state index contributed by atoms with van der Waals surface area (Å²) in [6, 6.07) is 8.33. The summed E-state index contributed by atoms with van der Waals surface area (Å²) in [6.45, 7) is 0.707. The van der Waals surface area contributed by atoms with E-state index in [0.29, 0.717) is 22.0 Å². The molecule has 0 aliphatic carbocycles. The highest BCUT2D eigenvalue weighted by Gasteiger charge is 2.35. The number of likely N-dealkylation sites (N-methyl/N-ethyl adjacent to an activating group) is 1. The largest absolute Gasteiger partial charge is 0.433 e. The first-order chi connectivity index (χ1) is 18.1. The molecule has 3 aromatic heterocycles. The van der Waals surface area contributed by atoms with Crippen molar-refractivity contribution >= 4 is 27.0 Å². The second-order valence-corrected chi connectivity index (χ2v) is 11.5. The fraction of sp³-hybridized carbons (Fsp3) is 0.250. The number of thiophene rings is 1. The van der Waals surface area contributed by atoms with E-state index in [9.17, 15) is 34.8 Å². The zero-order chi connectivity index (χ0) is 28.6. The van der Waals surface area contributed by atoms with Gasteiger partial charge in [0.2, 0.25) is 10.0 Å². The molecule has 0 atom stereocenters. The Morgan fingerprint density at radius 1 is 0.974 bits per heavy atom. The molecule has 0 saturated carbocycles. The fourth-order valence-electron chi connectivity index (χ4n) is 3.35. The Kier molecular flexibility index (Phi) is 7.77. The molecule has 0 aliphatic rings. The molecule has 7 nitrogen and oxygen atoms in total. The van der Waals surface area contributed by atoms with Gasteiger partial charge in [-0.2, -0.15) is 31.4 Å². The van der Waals surface area contributed by atoms with Gasteiger partial charge in [0, 0.05) is 24.7 Å². The Morgan fingerprint density at radius 3 is 2.28 bits per heavy atom. The van der Waals surface area contributed by atoms with Crippen molar-refractivity contribution in [3.8, 4) is 23.1 Å². The van der Waals surface area contributed by atoms with Crippen LogP contribution in [0.15, 0.2) is 52.7 Å². The summed E-state index contributed by atoms with van der Waals surface area (Å²) in [5.41, 5.74) is -2.57. The van der Waals surface area contributed by atoms with Gasteiger partial charge in [0.1, 0.15) is 9.90 Å². The van der Waals surface area contributed by atoms with Crippen LogP contribution in [-0.4, -0.2) is 55.1 Å². The van der Waals surface area contributed by atoms with Crippen LogP contribution in [0.2, 0.25) is 0 Å². The summed E-state index contributed by atoms with van der Waals surface area (Å²) in [5.74, 6) is 5.30. The maximum absolute atomic E-state index is 13.8. The molecule has 3 heterocycles. The highest BCUT2D eigenvalue weighted by Crippen LogP contribution is 2.34. The molecule has 0 amide bonds. The van der Waals surface area contributed by atoms with E-state index in [0.717, 1.165) is 35.6 Å². The van der Waals surface area contributed by atoms with Crippen LogP contribution in [0.1, 0.15) is 21.8 Å². The molecule has 0 unspecified atom stereocenters. The molecule has 206 valence electrons. The molecule has 0 spiro atoms. The van der Waals surface area contributed by atoms with E-state index in [1.165, 1.54) is 18.2 Å². The molecule has 4 aromatic rings. The van der Waals surface area contributed by atoms with E-state index in [-0.39, 0.29) is 33.4 Å². The Hall–Kier alpha value is -3.45. The van der Waals surface area contributed by atoms with E-state index < -0.39 is 33.6 Å². The first kappa shape index (κ1) is 28.6. The minimum Gasteiger partial charge on any atom is -0.308 e. The molecular weight excluding hydrogens is 568 g/mol. The van der Waals surface area contributed by atoms with Crippen LogP contribution < -0.4 is 4.72 Å². The Labute approximate surface area is 223 Å². The van der Waals surface area contributed by atoms with E-state index >= 15 is 0 Å². The number of hydrogen-bond acceptors (Lipinski definition) is 6. The predicted molar refractivity (Wildman–Crippen MR) is 132 cm³/mol. The summed E-state index contributed by atoms with van der Waals surface area (Å²) in [4.78, 5) is 6.28. The van der Waals surface area contributed by atoms with Crippen LogP contribution >= 0.6 is 11.3 Å². The van der Waals surface area contributed by atoms with Gasteiger partial charge in [-0.15, -0.1) is 11.3 Å². The SMILES string of the molecule is CN(C)CCNS(=O)(=O)c1ccc(C#Cc2cc3nc(-c4ccc(C(F)(F)F)cc4)cc(C(F)(F)F)n3n2)s1. The first-order valence-electron chi connectivity index (χ1n) is 11.1. The lowest BCUT2D eigenvalue weighted by Gasteiger charge is -2.11. The van der Waals surface area contributed by atoms with Gasteiger partial charge in [0.25, 0.3) is 0 Å². The normalized spacial score (nSPS) is 12.6. The summed E-state index contributed by atoms with van der Waals surface area (Å²) in [7, 11) is -0.144. The van der Waals surface area contributed by atoms with Gasteiger partial charge in [-0.05, 0) is 56.3 Å². The third-order valence-corrected chi connectivity index (χ3v) is 8.19. The average Bonchev–Trinajstić information content (AvgIpc) is 3.48. The molecule has 4 rings (SSSR count). The molecule has 1 N–H and O–H groups in total. The Balaban J connectivity index is 1.65. The monoisotopic (exact) mass is 587 g/mol. The smallest absolute Gasteiger partial charge is 0.308 e. The third-order valence-electron chi connectivity index (χ3n) is 5.24. The van der Waals surface area contributed by atoms with Crippen molar-refractivity contribution in [3.05, 3.63) is 70.4 Å². The number of nitrogens with one attached hydrogen (secondary N) is 1. The Morgan fingerprint density at radius 2 is 1.67 bits per heavy atom. The van der Waals surface area contributed by atoms with Gasteiger partial charge in [0.05, 0.1) is 16.1 Å². The Bertz CT molecular complexity index is 1660. The number of alkyl halides is 6. The number of aromatic nitrogens is 3. The van der Waals surface area contributed by atoms with Crippen molar-refractivity contribution in [2.45, 2.75) is 16.6 Å². The van der Waals surface area contributed by atoms with Gasteiger partial charge >= 0.3 is 12.4 Å². The number of fused-ring (bicyclic) bond motifs is 1. The second-order valence-electron chi connectivity index (χ2n) is 8.47. The highest BCUT2D eigenvalue weighted by atomic mass is 32.2. The van der Waals surface area contributed by atoms with Crippen molar-refractivity contribution in [1.82, 2.24) is 24.2 Å². The van der Waals surface area contributed by atoms with Gasteiger partial charge in [-0.25, -0.2) is 22.6 Å². The summed E-state index contributed by atoms with van der Waals surface area (Å²) in [5, 5.41) is 3.87. The van der Waals surface area contributed by atoms with Crippen LogP contribution in [0.3, 0.4) is 0 Å². The molecular formula is C24H19F6N5O2S2. The summed E-state index contributed by atoms with van der Waals surface area (Å²) in [6.07, 6.45) is -9.45. The van der Waals surface area contributed by atoms with Crippen LogP contribution in [0.5, 0.6) is 0 Å². The lowest BCUT2D eigenvalue weighted by atomic mass is 10.1. The van der Waals surface area contributed by atoms with E-state index in [2.05, 4.69) is 26.6 Å². The van der Waals surface area contributed by atoms with Gasteiger partial charge < -0.3 is 4.90 Å². The van der Waals surface area contributed by atoms with Gasteiger partial charge in [0.15, 0.2) is 11.3 Å². The fourth-order valence-corrected chi connectivity index (χ4v) is 5.57. The lowest BCUT2D eigenvalue weighted by molar-refractivity contribution is -0.142. The summed E-state index contributed by atoms with van der Waals surface area (Å²) < 4.78 is 108. The zero-order valence-electron chi connectivity index (χ0n) is 20.2. The van der Waals surface area contributed by atoms with Gasteiger partial charge in [-0.3, -0.25) is 0 Å². The molecule has 0 radical (unpaired) electrons. The summed E-state index contributed by atoms with van der Waals surface area (Å²) >= 11 is 0.887. The molecule has 1 aromatic carbocycles. The number of benzene rings is 1. The molecule has 0 fully saturated rings. The molecule has 0 aliphatic heterocycles. The van der Waals surface area contributed by atoms with E-state index in [4.69, 9.17) is 0 Å². The average molecular weight is 588 g/mol.